The summed E-state index contributed by atoms with van der Waals surface area (Å²) in [5.41, 5.74) is 19.1. The lowest BCUT2D eigenvalue weighted by atomic mass is 9.92. The van der Waals surface area contributed by atoms with E-state index >= 15 is 0 Å². The van der Waals surface area contributed by atoms with E-state index < -0.39 is 10.0 Å². The molecule has 0 N–H and O–H groups in total. The predicted molar refractivity (Wildman–Crippen MR) is 203 cm³/mol. The van der Waals surface area contributed by atoms with E-state index in [0.29, 0.717) is 0 Å². The van der Waals surface area contributed by atoms with Gasteiger partial charge < -0.3 is 9.13 Å². The molecule has 2 nitrogen and oxygen atoms in total. The molecule has 0 aliphatic carbocycles. The number of hydrogen-bond acceptors (Lipinski definition) is 0. The van der Waals surface area contributed by atoms with E-state index in [9.17, 15) is 0 Å². The van der Waals surface area contributed by atoms with E-state index in [-0.39, 0.29) is 0 Å². The van der Waals surface area contributed by atoms with Crippen molar-refractivity contribution in [2.24, 2.45) is 0 Å². The average Bonchev–Trinajstić information content (AvgIpc) is 3.45. The van der Waals surface area contributed by atoms with Crippen LogP contribution in [0.1, 0.15) is 85.3 Å². The lowest BCUT2D eigenvalue weighted by Gasteiger charge is -2.41. The maximum atomic E-state index is 4.67. The normalized spacial score (nSPS) is 15.1. The summed E-state index contributed by atoms with van der Waals surface area (Å²) in [6.45, 7) is 30.8. The van der Waals surface area contributed by atoms with Gasteiger partial charge in [-0.05, 0) is 118 Å². The highest BCUT2D eigenvalue weighted by Gasteiger charge is 2.33. The van der Waals surface area contributed by atoms with E-state index in [1.54, 1.807) is 0 Å². The van der Waals surface area contributed by atoms with Crippen molar-refractivity contribution in [3.05, 3.63) is 113 Å². The van der Waals surface area contributed by atoms with Gasteiger partial charge in [0.15, 0.2) is 0 Å². The van der Waals surface area contributed by atoms with Crippen LogP contribution in [0, 0.1) is 27.7 Å². The van der Waals surface area contributed by atoms with E-state index in [1.165, 1.54) is 88.2 Å². The second-order valence-electron chi connectivity index (χ2n) is 12.5. The van der Waals surface area contributed by atoms with Crippen molar-refractivity contribution in [3.63, 3.8) is 0 Å². The Bertz CT molecular complexity index is 1810. The van der Waals surface area contributed by atoms with Crippen molar-refractivity contribution in [1.82, 2.24) is 9.13 Å². The fraction of sp³-hybridized carbons (Fsp3) is 0.286. The third kappa shape index (κ3) is 4.79. The van der Waals surface area contributed by atoms with E-state index in [0.717, 1.165) is 18.4 Å². The number of allylic oxidation sites excluding steroid dienone is 4. The highest BCUT2D eigenvalue weighted by atomic mass is 32.3. The molecule has 1 aliphatic heterocycles. The monoisotopic (exact) mass is 614 g/mol. The zero-order valence-corrected chi connectivity index (χ0v) is 29.9. The molecule has 5 rings (SSSR count). The molecular weight excluding hydrogens is 565 g/mol. The summed E-state index contributed by atoms with van der Waals surface area (Å²) >= 11 is 0. The second-order valence-corrected chi connectivity index (χ2v) is 16.1. The second kappa shape index (κ2) is 12.1. The minimum Gasteiger partial charge on any atom is -0.320 e. The number of aromatic nitrogens is 2. The van der Waals surface area contributed by atoms with Crippen LogP contribution < -0.4 is 0 Å². The molecule has 0 fully saturated rings. The Hall–Kier alpha value is -3.95. The summed E-state index contributed by atoms with van der Waals surface area (Å²) in [4.78, 5) is 2.78. The topological polar surface area (TPSA) is 9.86 Å². The molecule has 0 atom stereocenters. The molecule has 4 aromatic rings. The molecule has 0 bridgehead atoms. The average molecular weight is 615 g/mol. The minimum absolute atomic E-state index is 0.986. The van der Waals surface area contributed by atoms with Gasteiger partial charge in [0, 0.05) is 55.8 Å². The fourth-order valence-electron chi connectivity index (χ4n) is 7.46. The van der Waals surface area contributed by atoms with Crippen molar-refractivity contribution < 1.29 is 0 Å². The van der Waals surface area contributed by atoms with Crippen molar-refractivity contribution in [1.29, 1.82) is 0 Å². The molecule has 0 saturated carbocycles. The third-order valence-electron chi connectivity index (χ3n) is 10.2. The minimum atomic E-state index is -1.39. The molecular formula is C42H50N2S. The molecule has 45 heavy (non-hydrogen) atoms. The first kappa shape index (κ1) is 32.4. The third-order valence-corrected chi connectivity index (χ3v) is 13.1. The first-order chi connectivity index (χ1) is 21.4. The van der Waals surface area contributed by atoms with Crippen LogP contribution in [-0.2, 0) is 0 Å². The molecule has 0 spiro atoms. The van der Waals surface area contributed by atoms with Gasteiger partial charge in [0.25, 0.3) is 0 Å². The summed E-state index contributed by atoms with van der Waals surface area (Å²) in [5.74, 6) is 0. The van der Waals surface area contributed by atoms with Crippen molar-refractivity contribution in [2.75, 3.05) is 12.5 Å². The first-order valence-electron chi connectivity index (χ1n) is 16.1. The van der Waals surface area contributed by atoms with Crippen LogP contribution in [-0.4, -0.2) is 21.6 Å². The van der Waals surface area contributed by atoms with Crippen molar-refractivity contribution in [3.8, 4) is 22.5 Å². The predicted octanol–water partition coefficient (Wildman–Crippen LogP) is 12.5. The highest BCUT2D eigenvalue weighted by Crippen LogP contribution is 2.65. The molecule has 2 aromatic carbocycles. The molecule has 0 radical (unpaired) electrons. The van der Waals surface area contributed by atoms with Gasteiger partial charge in [-0.3, -0.25) is 0 Å². The highest BCUT2D eigenvalue weighted by molar-refractivity contribution is 8.32. The maximum absolute atomic E-state index is 4.67. The molecule has 2 aromatic heterocycles. The molecule has 3 heteroatoms. The fourth-order valence-corrected chi connectivity index (χ4v) is 10.0. The van der Waals surface area contributed by atoms with Gasteiger partial charge in [-0.25, -0.2) is 0 Å². The molecule has 0 amide bonds. The quantitative estimate of drug-likeness (QED) is 0.187. The smallest absolute Gasteiger partial charge is 0.0603 e. The van der Waals surface area contributed by atoms with Crippen LogP contribution in [0.3, 0.4) is 0 Å². The van der Waals surface area contributed by atoms with Gasteiger partial charge >= 0.3 is 0 Å². The Kier molecular flexibility index (Phi) is 8.72. The van der Waals surface area contributed by atoms with Crippen LogP contribution >= 0.6 is 10.0 Å². The van der Waals surface area contributed by atoms with Crippen LogP contribution in [0.25, 0.3) is 51.6 Å². The van der Waals surface area contributed by atoms with Crippen LogP contribution in [0.2, 0.25) is 0 Å². The number of hydrogen-bond donors (Lipinski definition) is 0. The Morgan fingerprint density at radius 3 is 1.38 bits per heavy atom. The van der Waals surface area contributed by atoms with E-state index in [4.69, 9.17) is 0 Å². The Balaban J connectivity index is 1.76. The summed E-state index contributed by atoms with van der Waals surface area (Å²) in [7, 11) is -1.39. The van der Waals surface area contributed by atoms with Gasteiger partial charge in [-0.15, -0.1) is 0 Å². The number of benzene rings is 2. The standard InChI is InChI=1S/C42H50N2S/c1-14-31(15-2)39-26(7)29(10)43(18-5)41(39)33-20-22-35-28(9)36-23-21-34(25-38(36)45(12,13)37(35)24-33)42-40(32(16-3)17-4)27(8)30(11)44(42)19-6/h14,16,18-25H,5-6,9,15,17H2,1-4,7-8,10-13H3/b31-14+,32-16+. The molecule has 234 valence electrons. The molecule has 0 unspecified atom stereocenters. The summed E-state index contributed by atoms with van der Waals surface area (Å²) in [5, 5.41) is 0. The lowest BCUT2D eigenvalue weighted by Crippen LogP contribution is -2.11. The largest absolute Gasteiger partial charge is 0.320 e. The first-order valence-corrected chi connectivity index (χ1v) is 18.6. The van der Waals surface area contributed by atoms with E-state index in [2.05, 4.69) is 145 Å². The number of rotatable bonds is 8. The molecule has 1 aliphatic rings. The van der Waals surface area contributed by atoms with Crippen molar-refractivity contribution >= 4 is 39.1 Å². The summed E-state index contributed by atoms with van der Waals surface area (Å²) in [6, 6.07) is 14.1. The number of nitrogens with zero attached hydrogens (tertiary/aromatic N) is 2. The SMILES string of the molecule is C=Cn1c(C)c(C)c(/C(=C/C)CC)c1-c1ccc2c(c1)S(C)(C)c1cc(-c3c(/C(=C/C)CC)c(C)c(C)n3C=C)ccc1C2=C. The Morgan fingerprint density at radius 2 is 1.07 bits per heavy atom. The number of fused-ring (bicyclic) bond motifs is 2. The molecule has 3 heterocycles. The zero-order valence-electron chi connectivity index (χ0n) is 29.1. The molecule has 0 saturated heterocycles. The van der Waals surface area contributed by atoms with Crippen LogP contribution in [0.4, 0.5) is 0 Å². The maximum Gasteiger partial charge on any atom is 0.0603 e. The van der Waals surface area contributed by atoms with Gasteiger partial charge in [-0.1, -0.05) is 70.0 Å². The van der Waals surface area contributed by atoms with Crippen LogP contribution in [0.5, 0.6) is 0 Å². The van der Waals surface area contributed by atoms with Gasteiger partial charge in [-0.2, -0.15) is 10.0 Å². The van der Waals surface area contributed by atoms with Gasteiger partial charge in [0.2, 0.25) is 0 Å². The Morgan fingerprint density at radius 1 is 0.689 bits per heavy atom. The summed E-state index contributed by atoms with van der Waals surface area (Å²) in [6.07, 6.45) is 15.3. The van der Waals surface area contributed by atoms with Gasteiger partial charge in [0.05, 0.1) is 11.4 Å². The zero-order chi connectivity index (χ0) is 33.0. The van der Waals surface area contributed by atoms with Crippen molar-refractivity contribution in [2.45, 2.75) is 78.0 Å². The van der Waals surface area contributed by atoms with Gasteiger partial charge in [0.1, 0.15) is 0 Å². The Labute approximate surface area is 273 Å². The lowest BCUT2D eigenvalue weighted by molar-refractivity contribution is 1.08. The summed E-state index contributed by atoms with van der Waals surface area (Å²) < 4.78 is 4.56. The van der Waals surface area contributed by atoms with Crippen LogP contribution in [0.15, 0.2) is 78.1 Å². The van der Waals surface area contributed by atoms with E-state index in [1.807, 2.05) is 12.4 Å².